The molecule has 2 aliphatic rings. The summed E-state index contributed by atoms with van der Waals surface area (Å²) in [6, 6.07) is 15.5. The zero-order valence-electron chi connectivity index (χ0n) is 18.9. The van der Waals surface area contributed by atoms with Gasteiger partial charge >= 0.3 is 12.7 Å². The van der Waals surface area contributed by atoms with Crippen LogP contribution in [0.1, 0.15) is 21.5 Å². The van der Waals surface area contributed by atoms with Crippen LogP contribution in [0.5, 0.6) is 5.75 Å². The van der Waals surface area contributed by atoms with Gasteiger partial charge in [-0.1, -0.05) is 55.1 Å². The summed E-state index contributed by atoms with van der Waals surface area (Å²) in [6.07, 6.45) is 0. The van der Waals surface area contributed by atoms with Gasteiger partial charge in [0.2, 0.25) is 0 Å². The number of hydrogen-bond donors (Lipinski definition) is 4. The number of aryl methyl sites for hydroxylation is 2. The van der Waals surface area contributed by atoms with Gasteiger partial charge in [-0.15, -0.1) is 16.7 Å². The molecule has 35 heavy (non-hydrogen) atoms. The Morgan fingerprint density at radius 2 is 1.66 bits per heavy atom. The molecule has 0 saturated heterocycles. The van der Waals surface area contributed by atoms with Crippen molar-refractivity contribution < 1.29 is 99.2 Å². The molecular weight excluding hydrogens is 645 g/mol. The first-order valence-corrected chi connectivity index (χ1v) is 12.0. The minimum Gasteiger partial charge on any atom is -0.534 e. The van der Waals surface area contributed by atoms with Crippen LogP contribution in [0.15, 0.2) is 45.6 Å². The summed E-state index contributed by atoms with van der Waals surface area (Å²) in [5.74, 6) is -0.946. The summed E-state index contributed by atoms with van der Waals surface area (Å²) < 4.78 is 9.74. The number of carbonyl (C=O) groups is 1. The van der Waals surface area contributed by atoms with Crippen molar-refractivity contribution in [3.05, 3.63) is 75.4 Å². The van der Waals surface area contributed by atoms with Gasteiger partial charge in [0.15, 0.2) is 0 Å². The molecule has 1 heterocycles. The fraction of sp³-hybridized carbons (Fsp3) is 0.130. The van der Waals surface area contributed by atoms with E-state index in [9.17, 15) is 19.8 Å². The van der Waals surface area contributed by atoms with Gasteiger partial charge in [0.1, 0.15) is 0 Å². The van der Waals surface area contributed by atoms with Crippen LogP contribution in [0.3, 0.4) is 0 Å². The third-order valence-electron chi connectivity index (χ3n) is 4.81. The molecule has 1 aliphatic heterocycles. The van der Waals surface area contributed by atoms with Crippen molar-refractivity contribution in [1.82, 2.24) is 0 Å². The molecule has 0 amide bonds. The van der Waals surface area contributed by atoms with Gasteiger partial charge < -0.3 is 33.7 Å². The van der Waals surface area contributed by atoms with Crippen molar-refractivity contribution in [2.24, 2.45) is 0 Å². The predicted octanol–water partition coefficient (Wildman–Crippen LogP) is 4.02. The first-order chi connectivity index (χ1) is 15.4. The molecule has 178 valence electrons. The number of hydrogen-bond acceptors (Lipinski definition) is 6. The number of carboxylic acid groups (broad SMARTS) is 1. The molecule has 0 bridgehead atoms. The molecule has 0 spiro atoms. The molecule has 0 saturated carbocycles. The van der Waals surface area contributed by atoms with Crippen LogP contribution in [0.4, 0.5) is 0 Å². The Kier molecular flexibility index (Phi) is 12.0. The molecule has 2 aromatic carbocycles. The Labute approximate surface area is 256 Å². The second kappa shape index (κ2) is 13.1. The maximum absolute atomic E-state index is 12.0. The molecule has 0 unspecified atom stereocenters. The van der Waals surface area contributed by atoms with Crippen molar-refractivity contribution in [2.45, 2.75) is 13.8 Å². The van der Waals surface area contributed by atoms with Crippen molar-refractivity contribution in [3.63, 3.8) is 0 Å². The maximum Gasteiger partial charge on any atom is 0.336 e. The summed E-state index contributed by atoms with van der Waals surface area (Å²) in [5.41, 5.74) is 2.76. The van der Waals surface area contributed by atoms with Crippen LogP contribution >= 0.6 is 6.72 Å². The summed E-state index contributed by atoms with van der Waals surface area (Å²) in [7, 11) is 1.15. The molecule has 12 heteroatoms. The number of fused-ring (bicyclic) bond motifs is 2. The van der Waals surface area contributed by atoms with Crippen molar-refractivity contribution in [1.29, 1.82) is 0 Å². The Bertz CT molecular complexity index is 1450. The summed E-state index contributed by atoms with van der Waals surface area (Å²) in [4.78, 5) is 40.0. The molecule has 4 rings (SSSR count). The molecule has 8 nitrogen and oxygen atoms in total. The van der Waals surface area contributed by atoms with Gasteiger partial charge in [0.25, 0.3) is 0 Å². The van der Waals surface area contributed by atoms with Crippen LogP contribution in [-0.4, -0.2) is 33.1 Å². The van der Waals surface area contributed by atoms with Gasteiger partial charge in [0, 0.05) is 89.6 Å². The van der Waals surface area contributed by atoms with E-state index in [1.165, 1.54) is 6.07 Å². The van der Waals surface area contributed by atoms with E-state index < -0.39 is 12.7 Å². The van der Waals surface area contributed by atoms with Gasteiger partial charge in [0.05, 0.1) is 11.0 Å². The predicted molar refractivity (Wildman–Crippen MR) is 126 cm³/mol. The SMILES string of the molecule is COP(O)(O)=S.Cc1cc2c(-c3ccccc3C(=O)O)c3cc(C)c(=O)[c-]c-3oc2[c-]c1O.[Y].[Y]. The van der Waals surface area contributed by atoms with Crippen LogP contribution in [0, 0.1) is 26.0 Å². The number of carboxylic acids is 1. The van der Waals surface area contributed by atoms with E-state index in [0.29, 0.717) is 33.2 Å². The van der Waals surface area contributed by atoms with Gasteiger partial charge in [-0.05, 0) is 23.4 Å². The Morgan fingerprint density at radius 1 is 1.06 bits per heavy atom. The number of rotatable bonds is 3. The van der Waals surface area contributed by atoms with Crippen LogP contribution in [0.2, 0.25) is 0 Å². The van der Waals surface area contributed by atoms with Crippen LogP contribution < -0.4 is 5.43 Å². The van der Waals surface area contributed by atoms with Crippen molar-refractivity contribution in [3.8, 4) is 28.2 Å². The van der Waals surface area contributed by atoms with E-state index in [4.69, 9.17) is 14.2 Å². The van der Waals surface area contributed by atoms with Crippen LogP contribution in [0.25, 0.3) is 33.4 Å². The molecule has 0 atom stereocenters. The number of phenols is 1. The second-order valence-electron chi connectivity index (χ2n) is 7.07. The Balaban J connectivity index is 0.000000686. The monoisotopic (exact) mass is 664 g/mol. The topological polar surface area (TPSA) is 137 Å². The van der Waals surface area contributed by atoms with E-state index in [2.05, 4.69) is 28.5 Å². The fourth-order valence-electron chi connectivity index (χ4n) is 3.20. The van der Waals surface area contributed by atoms with Crippen LogP contribution in [-0.2, 0) is 81.7 Å². The first-order valence-electron chi connectivity index (χ1n) is 9.42. The normalized spacial score (nSPS) is 10.7. The molecule has 1 aliphatic carbocycles. The standard InChI is InChI=1S/C22H14O5.CH5O3PS.2Y/c1-11-7-15-19(9-17(11)23)27-20-10-18(24)12(2)8-16(20)21(15)13-5-3-4-6-14(13)22(25)26;1-4-5(2,3)6;;/h3-8,23H,1-2H3,(H,25,26);1H3,(H2,2,3,6);;/q-2;;;. The van der Waals surface area contributed by atoms with E-state index in [-0.39, 0.29) is 93.5 Å². The number of benzene rings is 3. The van der Waals surface area contributed by atoms with E-state index in [1.807, 2.05) is 0 Å². The average Bonchev–Trinajstić information content (AvgIpc) is 2.74. The quantitative estimate of drug-likeness (QED) is 0.146. The summed E-state index contributed by atoms with van der Waals surface area (Å²) in [6.45, 7) is 0.0796. The van der Waals surface area contributed by atoms with Crippen molar-refractivity contribution in [2.75, 3.05) is 7.11 Å². The summed E-state index contributed by atoms with van der Waals surface area (Å²) in [5, 5.41) is 20.2. The first kappa shape index (κ1) is 32.2. The number of phenolic OH excluding ortho intramolecular Hbond substituents is 1. The summed E-state index contributed by atoms with van der Waals surface area (Å²) >= 11 is 3.99. The maximum atomic E-state index is 12.0. The Hall–Kier alpha value is -0.862. The molecule has 4 N–H and O–H groups in total. The van der Waals surface area contributed by atoms with E-state index >= 15 is 0 Å². The second-order valence-corrected chi connectivity index (χ2v) is 9.84. The third kappa shape index (κ3) is 7.57. The minimum atomic E-state index is -3.31. The van der Waals surface area contributed by atoms with Gasteiger partial charge in [-0.25, -0.2) is 4.79 Å². The fourth-order valence-corrected chi connectivity index (χ4v) is 3.20. The number of aromatic hydroxyl groups is 1. The van der Waals surface area contributed by atoms with E-state index in [1.54, 1.807) is 44.2 Å². The molecule has 2 radical (unpaired) electrons. The largest absolute Gasteiger partial charge is 0.534 e. The molecule has 0 fully saturated rings. The van der Waals surface area contributed by atoms with Crippen molar-refractivity contribution >= 4 is 35.5 Å². The number of aromatic carboxylic acids is 1. The zero-order chi connectivity index (χ0) is 24.5. The third-order valence-corrected chi connectivity index (χ3v) is 5.73. The van der Waals surface area contributed by atoms with Gasteiger partial charge in [-0.2, -0.15) is 12.1 Å². The average molecular weight is 664 g/mol. The minimum absolute atomic E-state index is 0. The van der Waals surface area contributed by atoms with E-state index in [0.717, 1.165) is 7.11 Å². The zero-order valence-corrected chi connectivity index (χ0v) is 26.3. The molecule has 2 aromatic rings. The smallest absolute Gasteiger partial charge is 0.336 e. The molecule has 0 aromatic heterocycles. The Morgan fingerprint density at radius 3 is 2.23 bits per heavy atom. The molecular formula is C23H19O8PSY2-2. The van der Waals surface area contributed by atoms with Gasteiger partial charge in [-0.3, -0.25) is 0 Å².